The molecule has 0 spiro atoms. The predicted molar refractivity (Wildman–Crippen MR) is 97.5 cm³/mol. The molecule has 0 aromatic heterocycles. The Morgan fingerprint density at radius 3 is 2.54 bits per heavy atom. The number of anilines is 1. The van der Waals surface area contributed by atoms with E-state index in [-0.39, 0.29) is 11.9 Å². The predicted octanol–water partition coefficient (Wildman–Crippen LogP) is 4.23. The second-order valence-electron chi connectivity index (χ2n) is 5.61. The average Bonchev–Trinajstić information content (AvgIpc) is 2.62. The van der Waals surface area contributed by atoms with Crippen LogP contribution in [0.2, 0.25) is 0 Å². The van der Waals surface area contributed by atoms with Crippen LogP contribution in [0.15, 0.2) is 54.6 Å². The highest BCUT2D eigenvalue weighted by Gasteiger charge is 2.08. The summed E-state index contributed by atoms with van der Waals surface area (Å²) in [6, 6.07) is 16.9. The van der Waals surface area contributed by atoms with Gasteiger partial charge in [0.25, 0.3) is 0 Å². The lowest BCUT2D eigenvalue weighted by atomic mass is 10.1. The number of unbranched alkanes of at least 4 members (excludes halogenated alkanes) is 1. The molecule has 3 heteroatoms. The van der Waals surface area contributed by atoms with Gasteiger partial charge in [-0.25, -0.2) is 0 Å². The van der Waals surface area contributed by atoms with E-state index in [0.29, 0.717) is 17.9 Å². The Morgan fingerprint density at radius 1 is 1.12 bits per heavy atom. The number of Topliss-reactive ketones (excluding diaryl/α,β-unsaturated/α-hetero) is 1. The van der Waals surface area contributed by atoms with E-state index in [1.807, 2.05) is 30.3 Å². The molecule has 1 atom stereocenters. The summed E-state index contributed by atoms with van der Waals surface area (Å²) in [5.41, 5.74) is 7.82. The largest absolute Gasteiger partial charge is 0.398 e. The number of hydrogen-bond acceptors (Lipinski definition) is 3. The number of ketones is 1. The Hall–Kier alpha value is -2.57. The van der Waals surface area contributed by atoms with Gasteiger partial charge in [0.1, 0.15) is 6.10 Å². The first kappa shape index (κ1) is 17.8. The van der Waals surface area contributed by atoms with Gasteiger partial charge < -0.3 is 10.5 Å². The molecule has 1 unspecified atom stereocenters. The van der Waals surface area contributed by atoms with Crippen LogP contribution >= 0.6 is 0 Å². The summed E-state index contributed by atoms with van der Waals surface area (Å²) in [6.07, 6.45) is 2.63. The molecule has 2 aromatic rings. The highest BCUT2D eigenvalue weighted by Crippen LogP contribution is 2.12. The summed E-state index contributed by atoms with van der Waals surface area (Å²) in [5.74, 6) is 5.40. The second-order valence-corrected chi connectivity index (χ2v) is 5.61. The molecule has 0 aliphatic heterocycles. The van der Waals surface area contributed by atoms with Crippen molar-refractivity contribution in [2.75, 3.05) is 5.73 Å². The van der Waals surface area contributed by atoms with Crippen molar-refractivity contribution in [1.82, 2.24) is 0 Å². The van der Waals surface area contributed by atoms with E-state index in [2.05, 4.69) is 18.8 Å². The summed E-state index contributed by atoms with van der Waals surface area (Å²) in [5, 5.41) is 0. The van der Waals surface area contributed by atoms with Gasteiger partial charge in [-0.2, -0.15) is 0 Å². The molecule has 0 saturated heterocycles. The van der Waals surface area contributed by atoms with Crippen LogP contribution in [0.3, 0.4) is 0 Å². The van der Waals surface area contributed by atoms with Crippen molar-refractivity contribution in [3.63, 3.8) is 0 Å². The van der Waals surface area contributed by atoms with E-state index in [9.17, 15) is 4.79 Å². The molecule has 0 heterocycles. The van der Waals surface area contributed by atoms with Crippen LogP contribution in [-0.4, -0.2) is 11.9 Å². The maximum atomic E-state index is 12.2. The van der Waals surface area contributed by atoms with Crippen LogP contribution in [0.1, 0.15) is 42.1 Å². The molecule has 3 nitrogen and oxygen atoms in total. The Bertz CT molecular complexity index is 713. The molecule has 2 N–H and O–H groups in total. The van der Waals surface area contributed by atoms with Gasteiger partial charge in [-0.1, -0.05) is 68.2 Å². The van der Waals surface area contributed by atoms with Crippen LogP contribution in [0.5, 0.6) is 0 Å². The molecule has 24 heavy (non-hydrogen) atoms. The van der Waals surface area contributed by atoms with Crippen molar-refractivity contribution in [2.24, 2.45) is 0 Å². The van der Waals surface area contributed by atoms with Crippen LogP contribution in [0.25, 0.3) is 0 Å². The smallest absolute Gasteiger partial charge is 0.238 e. The van der Waals surface area contributed by atoms with Crippen LogP contribution < -0.4 is 5.73 Å². The molecule has 124 valence electrons. The van der Waals surface area contributed by atoms with Gasteiger partial charge >= 0.3 is 0 Å². The molecule has 0 saturated carbocycles. The quantitative estimate of drug-likeness (QED) is 0.359. The SMILES string of the molecule is CCCCC(C#CC(=O)c1ccccc1N)OCc1ccccc1. The standard InChI is InChI=1S/C21H23NO2/c1-2-3-11-18(24-16-17-9-5-4-6-10-17)14-15-21(23)19-12-7-8-13-20(19)22/h4-10,12-13,18H,2-3,11,16,22H2,1H3. The first-order valence-electron chi connectivity index (χ1n) is 8.26. The topological polar surface area (TPSA) is 52.3 Å². The fourth-order valence-electron chi connectivity index (χ4n) is 2.27. The minimum atomic E-state index is -0.266. The van der Waals surface area contributed by atoms with E-state index >= 15 is 0 Å². The van der Waals surface area contributed by atoms with Gasteiger partial charge in [0.2, 0.25) is 5.78 Å². The Labute approximate surface area is 143 Å². The van der Waals surface area contributed by atoms with Crippen LogP contribution in [0.4, 0.5) is 5.69 Å². The lowest BCUT2D eigenvalue weighted by Crippen LogP contribution is -2.11. The number of nitrogens with two attached hydrogens (primary N) is 1. The summed E-state index contributed by atoms with van der Waals surface area (Å²) < 4.78 is 5.89. The fourth-order valence-corrected chi connectivity index (χ4v) is 2.27. The Morgan fingerprint density at radius 2 is 1.83 bits per heavy atom. The molecule has 2 rings (SSSR count). The molecular formula is C21H23NO2. The van der Waals surface area contributed by atoms with Gasteiger partial charge in [-0.05, 0) is 30.0 Å². The molecule has 0 aliphatic rings. The molecular weight excluding hydrogens is 298 g/mol. The Balaban J connectivity index is 2.03. The third-order valence-corrected chi connectivity index (χ3v) is 3.67. The summed E-state index contributed by atoms with van der Waals surface area (Å²) in [6.45, 7) is 2.61. The molecule has 0 fully saturated rings. The van der Waals surface area contributed by atoms with Crippen molar-refractivity contribution >= 4 is 11.5 Å². The highest BCUT2D eigenvalue weighted by atomic mass is 16.5. The molecule has 2 aromatic carbocycles. The van der Waals surface area contributed by atoms with Crippen molar-refractivity contribution in [1.29, 1.82) is 0 Å². The van der Waals surface area contributed by atoms with E-state index in [1.165, 1.54) is 0 Å². The normalized spacial score (nSPS) is 11.4. The number of rotatable bonds is 7. The second kappa shape index (κ2) is 9.54. The third-order valence-electron chi connectivity index (χ3n) is 3.67. The number of para-hydroxylation sites is 1. The molecule has 0 radical (unpaired) electrons. The summed E-state index contributed by atoms with van der Waals surface area (Å²) in [4.78, 5) is 12.2. The summed E-state index contributed by atoms with van der Waals surface area (Å²) in [7, 11) is 0. The lowest BCUT2D eigenvalue weighted by Gasteiger charge is -2.12. The van der Waals surface area contributed by atoms with Crippen molar-refractivity contribution in [3.05, 3.63) is 65.7 Å². The maximum Gasteiger partial charge on any atom is 0.238 e. The Kier molecular flexibility index (Phi) is 7.07. The first-order chi connectivity index (χ1) is 11.7. The van der Waals surface area contributed by atoms with E-state index < -0.39 is 0 Å². The summed E-state index contributed by atoms with van der Waals surface area (Å²) >= 11 is 0. The van der Waals surface area contributed by atoms with Gasteiger partial charge in [0.05, 0.1) is 12.2 Å². The highest BCUT2D eigenvalue weighted by molar-refractivity contribution is 6.12. The van der Waals surface area contributed by atoms with E-state index in [4.69, 9.17) is 10.5 Å². The van der Waals surface area contributed by atoms with Crippen LogP contribution in [0, 0.1) is 11.8 Å². The number of carbonyl (C=O) groups excluding carboxylic acids is 1. The minimum Gasteiger partial charge on any atom is -0.398 e. The first-order valence-corrected chi connectivity index (χ1v) is 8.26. The minimum absolute atomic E-state index is 0.251. The average molecular weight is 321 g/mol. The molecule has 0 amide bonds. The monoisotopic (exact) mass is 321 g/mol. The number of benzene rings is 2. The maximum absolute atomic E-state index is 12.2. The van der Waals surface area contributed by atoms with Crippen molar-refractivity contribution in [2.45, 2.75) is 38.9 Å². The zero-order valence-corrected chi connectivity index (χ0v) is 14.0. The third kappa shape index (κ3) is 5.57. The van der Waals surface area contributed by atoms with Gasteiger partial charge in [-0.15, -0.1) is 0 Å². The molecule has 0 bridgehead atoms. The fraction of sp³-hybridized carbons (Fsp3) is 0.286. The zero-order valence-electron chi connectivity index (χ0n) is 14.0. The van der Waals surface area contributed by atoms with E-state index in [1.54, 1.807) is 24.3 Å². The van der Waals surface area contributed by atoms with Crippen molar-refractivity contribution < 1.29 is 9.53 Å². The number of ether oxygens (including phenoxy) is 1. The van der Waals surface area contributed by atoms with Gasteiger partial charge in [-0.3, -0.25) is 4.79 Å². The van der Waals surface area contributed by atoms with Crippen LogP contribution in [-0.2, 0) is 11.3 Å². The molecule has 0 aliphatic carbocycles. The zero-order chi connectivity index (χ0) is 17.2. The van der Waals surface area contributed by atoms with Gasteiger partial charge in [0.15, 0.2) is 0 Å². The number of carbonyl (C=O) groups is 1. The van der Waals surface area contributed by atoms with Gasteiger partial charge in [0, 0.05) is 5.69 Å². The number of hydrogen-bond donors (Lipinski definition) is 1. The van der Waals surface area contributed by atoms with E-state index in [0.717, 1.165) is 24.8 Å². The van der Waals surface area contributed by atoms with Crippen molar-refractivity contribution in [3.8, 4) is 11.8 Å². The lowest BCUT2D eigenvalue weighted by molar-refractivity contribution is 0.0710. The number of nitrogen functional groups attached to an aromatic ring is 1.